The van der Waals surface area contributed by atoms with Gasteiger partial charge in [0, 0.05) is 17.5 Å². The molecular weight excluding hydrogens is 304 g/mol. The third kappa shape index (κ3) is 3.47. The third-order valence-corrected chi connectivity index (χ3v) is 4.63. The van der Waals surface area contributed by atoms with Gasteiger partial charge in [-0.2, -0.15) is 0 Å². The maximum absolute atomic E-state index is 12.2. The number of carbonyl (C=O) groups excluding carboxylic acids is 1. The molecule has 2 atom stereocenters. The van der Waals surface area contributed by atoms with Crippen molar-refractivity contribution in [3.63, 3.8) is 0 Å². The minimum atomic E-state index is -0.275. The van der Waals surface area contributed by atoms with Crippen molar-refractivity contribution in [1.29, 1.82) is 0 Å². The second-order valence-corrected chi connectivity index (χ2v) is 6.38. The smallest absolute Gasteiger partial charge is 0.239 e. The molecule has 0 aromatic heterocycles. The average molecular weight is 325 g/mol. The zero-order chi connectivity index (χ0) is 15.5. The number of benzene rings is 1. The van der Waals surface area contributed by atoms with Crippen LogP contribution < -0.4 is 15.0 Å². The number of aliphatic hydroxyl groups excluding tert-OH is 1. The van der Waals surface area contributed by atoms with Crippen LogP contribution in [0, 0.1) is 5.92 Å². The summed E-state index contributed by atoms with van der Waals surface area (Å²) in [4.78, 5) is 14.1. The molecule has 1 saturated carbocycles. The van der Waals surface area contributed by atoms with Gasteiger partial charge in [-0.3, -0.25) is 4.79 Å². The van der Waals surface area contributed by atoms with Crippen LogP contribution in [0.4, 0.5) is 5.69 Å². The number of anilines is 1. The molecule has 1 heterocycles. The molecule has 0 saturated heterocycles. The summed E-state index contributed by atoms with van der Waals surface area (Å²) in [5.74, 6) is 0.914. The van der Waals surface area contributed by atoms with E-state index < -0.39 is 0 Å². The van der Waals surface area contributed by atoms with Crippen molar-refractivity contribution >= 4 is 23.2 Å². The van der Waals surface area contributed by atoms with Crippen LogP contribution in [0.5, 0.6) is 5.75 Å². The Hall–Kier alpha value is -1.46. The zero-order valence-electron chi connectivity index (χ0n) is 12.4. The van der Waals surface area contributed by atoms with Gasteiger partial charge in [-0.1, -0.05) is 18.0 Å². The monoisotopic (exact) mass is 324 g/mol. The molecule has 1 aromatic rings. The van der Waals surface area contributed by atoms with Gasteiger partial charge in [0.15, 0.2) is 0 Å². The van der Waals surface area contributed by atoms with Crippen molar-refractivity contribution in [3.05, 3.63) is 23.2 Å². The fourth-order valence-corrected chi connectivity index (χ4v) is 3.31. The van der Waals surface area contributed by atoms with Crippen molar-refractivity contribution in [2.24, 2.45) is 5.92 Å². The van der Waals surface area contributed by atoms with E-state index in [-0.39, 0.29) is 24.5 Å². The Morgan fingerprint density at radius 2 is 2.32 bits per heavy atom. The van der Waals surface area contributed by atoms with Crippen LogP contribution in [-0.2, 0) is 4.79 Å². The molecule has 1 fully saturated rings. The minimum Gasteiger partial charge on any atom is -0.490 e. The Balaban J connectivity index is 1.57. The molecule has 1 amide bonds. The molecular formula is C16H21ClN2O3. The van der Waals surface area contributed by atoms with Gasteiger partial charge < -0.3 is 20.1 Å². The van der Waals surface area contributed by atoms with Crippen molar-refractivity contribution < 1.29 is 14.6 Å². The van der Waals surface area contributed by atoms with Gasteiger partial charge in [0.2, 0.25) is 5.91 Å². The number of hydrogen-bond donors (Lipinski definition) is 2. The molecule has 1 aliphatic carbocycles. The molecule has 1 aromatic carbocycles. The summed E-state index contributed by atoms with van der Waals surface area (Å²) in [5, 5.41) is 13.4. The molecule has 6 heteroatoms. The Morgan fingerprint density at radius 3 is 3.09 bits per heavy atom. The molecule has 22 heavy (non-hydrogen) atoms. The first-order chi connectivity index (χ1) is 10.6. The second-order valence-electron chi connectivity index (χ2n) is 5.94. The first-order valence-electron chi connectivity index (χ1n) is 7.75. The lowest BCUT2D eigenvalue weighted by atomic mass is 10.1. The van der Waals surface area contributed by atoms with Gasteiger partial charge in [0.1, 0.15) is 12.4 Å². The van der Waals surface area contributed by atoms with Crippen LogP contribution in [0.1, 0.15) is 19.3 Å². The van der Waals surface area contributed by atoms with Crippen LogP contribution in [0.2, 0.25) is 5.02 Å². The fraction of sp³-hybridized carbons (Fsp3) is 0.562. The number of nitrogens with one attached hydrogen (secondary N) is 1. The highest BCUT2D eigenvalue weighted by atomic mass is 35.5. The summed E-state index contributed by atoms with van der Waals surface area (Å²) in [5.41, 5.74) is 0.856. The lowest BCUT2D eigenvalue weighted by Crippen LogP contribution is -2.43. The van der Waals surface area contributed by atoms with E-state index >= 15 is 0 Å². The number of rotatable bonds is 4. The van der Waals surface area contributed by atoms with Crippen molar-refractivity contribution in [2.75, 3.05) is 31.1 Å². The van der Waals surface area contributed by atoms with E-state index in [2.05, 4.69) is 5.32 Å². The molecule has 5 nitrogen and oxygen atoms in total. The predicted octanol–water partition coefficient (Wildman–Crippen LogP) is 1.82. The van der Waals surface area contributed by atoms with Crippen LogP contribution in [0.3, 0.4) is 0 Å². The number of aliphatic hydroxyl groups is 1. The van der Waals surface area contributed by atoms with E-state index in [1.807, 2.05) is 17.0 Å². The van der Waals surface area contributed by atoms with E-state index in [1.54, 1.807) is 6.07 Å². The van der Waals surface area contributed by atoms with Crippen LogP contribution in [0.15, 0.2) is 18.2 Å². The van der Waals surface area contributed by atoms with Gasteiger partial charge in [-0.05, 0) is 31.0 Å². The normalized spacial score (nSPS) is 23.8. The number of amides is 1. The van der Waals surface area contributed by atoms with Gasteiger partial charge >= 0.3 is 0 Å². The van der Waals surface area contributed by atoms with E-state index in [0.29, 0.717) is 24.7 Å². The maximum atomic E-state index is 12.2. The van der Waals surface area contributed by atoms with Crippen molar-refractivity contribution in [1.82, 2.24) is 5.32 Å². The largest absolute Gasteiger partial charge is 0.490 e. The standard InChI is InChI=1S/C16H21ClN2O3/c17-12-4-5-15-13(8-12)19(6-7-22-15)10-16(21)18-9-11-2-1-3-14(11)20/h4-5,8,11,14,20H,1-3,6-7,9-10H2,(H,18,21). The minimum absolute atomic E-state index is 0.0353. The summed E-state index contributed by atoms with van der Waals surface area (Å²) in [7, 11) is 0. The highest BCUT2D eigenvalue weighted by molar-refractivity contribution is 6.31. The Labute approximate surface area is 135 Å². The SMILES string of the molecule is O=C(CN1CCOc2ccc(Cl)cc21)NCC1CCCC1O. The van der Waals surface area contributed by atoms with Crippen LogP contribution in [-0.4, -0.2) is 43.4 Å². The van der Waals surface area contributed by atoms with Gasteiger partial charge in [-0.15, -0.1) is 0 Å². The summed E-state index contributed by atoms with van der Waals surface area (Å²) < 4.78 is 5.58. The van der Waals surface area contributed by atoms with Crippen LogP contribution in [0.25, 0.3) is 0 Å². The van der Waals surface area contributed by atoms with Crippen LogP contribution >= 0.6 is 11.6 Å². The molecule has 0 spiro atoms. The molecule has 2 N–H and O–H groups in total. The number of carbonyl (C=O) groups is 1. The lowest BCUT2D eigenvalue weighted by molar-refractivity contribution is -0.120. The first kappa shape index (κ1) is 15.4. The molecule has 2 unspecified atom stereocenters. The summed E-state index contributed by atoms with van der Waals surface area (Å²) in [6.45, 7) is 2.04. The fourth-order valence-electron chi connectivity index (χ4n) is 3.14. The Morgan fingerprint density at radius 1 is 1.45 bits per heavy atom. The highest BCUT2D eigenvalue weighted by Crippen LogP contribution is 2.33. The average Bonchev–Trinajstić information content (AvgIpc) is 2.91. The number of ether oxygens (including phenoxy) is 1. The van der Waals surface area contributed by atoms with Crippen molar-refractivity contribution in [3.8, 4) is 5.75 Å². The summed E-state index contributed by atoms with van der Waals surface area (Å²) >= 11 is 6.03. The van der Waals surface area contributed by atoms with Gasteiger partial charge in [-0.25, -0.2) is 0 Å². The Kier molecular flexibility index (Phi) is 4.74. The summed E-state index contributed by atoms with van der Waals surface area (Å²) in [6, 6.07) is 5.44. The topological polar surface area (TPSA) is 61.8 Å². The van der Waals surface area contributed by atoms with E-state index in [0.717, 1.165) is 30.7 Å². The number of hydrogen-bond acceptors (Lipinski definition) is 4. The second kappa shape index (κ2) is 6.75. The maximum Gasteiger partial charge on any atom is 0.239 e. The lowest BCUT2D eigenvalue weighted by Gasteiger charge is -2.31. The molecule has 3 rings (SSSR count). The number of nitrogens with zero attached hydrogens (tertiary/aromatic N) is 1. The zero-order valence-corrected chi connectivity index (χ0v) is 13.2. The highest BCUT2D eigenvalue weighted by Gasteiger charge is 2.26. The molecule has 0 bridgehead atoms. The molecule has 1 aliphatic heterocycles. The molecule has 0 radical (unpaired) electrons. The quantitative estimate of drug-likeness (QED) is 0.887. The number of fused-ring (bicyclic) bond motifs is 1. The van der Waals surface area contributed by atoms with E-state index in [1.165, 1.54) is 0 Å². The molecule has 120 valence electrons. The van der Waals surface area contributed by atoms with Crippen molar-refractivity contribution in [2.45, 2.75) is 25.4 Å². The van der Waals surface area contributed by atoms with E-state index in [4.69, 9.17) is 16.3 Å². The first-order valence-corrected chi connectivity index (χ1v) is 8.13. The number of halogens is 1. The van der Waals surface area contributed by atoms with Gasteiger partial charge in [0.05, 0.1) is 24.9 Å². The molecule has 2 aliphatic rings. The van der Waals surface area contributed by atoms with Gasteiger partial charge in [0.25, 0.3) is 0 Å². The predicted molar refractivity (Wildman–Crippen MR) is 85.5 cm³/mol. The summed E-state index contributed by atoms with van der Waals surface area (Å²) in [6.07, 6.45) is 2.59. The third-order valence-electron chi connectivity index (χ3n) is 4.40. The van der Waals surface area contributed by atoms with E-state index in [9.17, 15) is 9.90 Å². The Bertz CT molecular complexity index is 552.